The molecule has 0 aromatic carbocycles. The van der Waals surface area contributed by atoms with Crippen LogP contribution in [0.3, 0.4) is 0 Å². The third kappa shape index (κ3) is 3.12. The molecule has 0 aromatic rings. The average Bonchev–Trinajstić information content (AvgIpc) is 1.87. The Kier molecular flexibility index (Phi) is 4.55. The van der Waals surface area contributed by atoms with Gasteiger partial charge in [0.1, 0.15) is 6.10 Å². The van der Waals surface area contributed by atoms with Crippen LogP contribution in [0.5, 0.6) is 0 Å². The van der Waals surface area contributed by atoms with E-state index in [2.05, 4.69) is 0 Å². The molecular weight excluding hydrogens is 136 g/mol. The first-order valence-electron chi connectivity index (χ1n) is 3.24. The second-order valence-corrected chi connectivity index (χ2v) is 2.31. The standard InChI is InChI=1S/C6H14O4/c1-4(8)6(10)5(9)2-3-7/h4-10H,2-3H2,1H3/t4?,5-,6+/m1/s1. The lowest BCUT2D eigenvalue weighted by atomic mass is 10.1. The zero-order valence-corrected chi connectivity index (χ0v) is 5.94. The van der Waals surface area contributed by atoms with Gasteiger partial charge in [-0.15, -0.1) is 0 Å². The number of rotatable bonds is 4. The lowest BCUT2D eigenvalue weighted by Crippen LogP contribution is -2.35. The van der Waals surface area contributed by atoms with Gasteiger partial charge >= 0.3 is 0 Å². The van der Waals surface area contributed by atoms with Crippen LogP contribution in [-0.2, 0) is 0 Å². The van der Waals surface area contributed by atoms with E-state index in [1.807, 2.05) is 0 Å². The molecule has 4 heteroatoms. The van der Waals surface area contributed by atoms with Gasteiger partial charge in [0.15, 0.2) is 0 Å². The molecule has 0 saturated carbocycles. The Morgan fingerprint density at radius 3 is 2.00 bits per heavy atom. The Labute approximate surface area is 59.7 Å². The molecule has 0 aliphatic carbocycles. The average molecular weight is 150 g/mol. The molecule has 0 aliphatic heterocycles. The van der Waals surface area contributed by atoms with Crippen molar-refractivity contribution in [3.63, 3.8) is 0 Å². The topological polar surface area (TPSA) is 80.9 Å². The Hall–Kier alpha value is -0.160. The van der Waals surface area contributed by atoms with Gasteiger partial charge in [-0.3, -0.25) is 0 Å². The molecule has 0 fully saturated rings. The highest BCUT2D eigenvalue weighted by Crippen LogP contribution is 2.02. The van der Waals surface area contributed by atoms with Gasteiger partial charge in [-0.1, -0.05) is 0 Å². The summed E-state index contributed by atoms with van der Waals surface area (Å²) in [7, 11) is 0. The van der Waals surface area contributed by atoms with Crippen molar-refractivity contribution >= 4 is 0 Å². The predicted octanol–water partition coefficient (Wildman–Crippen LogP) is -1.53. The van der Waals surface area contributed by atoms with Gasteiger partial charge in [-0.25, -0.2) is 0 Å². The minimum Gasteiger partial charge on any atom is -0.396 e. The Bertz CT molecular complexity index is 83.8. The van der Waals surface area contributed by atoms with Crippen LogP contribution in [0.4, 0.5) is 0 Å². The first kappa shape index (κ1) is 9.84. The van der Waals surface area contributed by atoms with E-state index in [0.717, 1.165) is 0 Å². The molecule has 0 amide bonds. The molecule has 4 N–H and O–H groups in total. The van der Waals surface area contributed by atoms with Gasteiger partial charge in [0.05, 0.1) is 12.2 Å². The molecule has 1 unspecified atom stereocenters. The summed E-state index contributed by atoms with van der Waals surface area (Å²) in [4.78, 5) is 0. The van der Waals surface area contributed by atoms with Crippen LogP contribution in [-0.4, -0.2) is 45.3 Å². The number of aliphatic hydroxyl groups excluding tert-OH is 4. The Morgan fingerprint density at radius 2 is 1.70 bits per heavy atom. The normalized spacial score (nSPS) is 20.1. The molecule has 3 atom stereocenters. The Morgan fingerprint density at radius 1 is 1.20 bits per heavy atom. The molecule has 0 aromatic heterocycles. The highest BCUT2D eigenvalue weighted by Gasteiger charge is 2.19. The maximum atomic E-state index is 8.92. The maximum absolute atomic E-state index is 8.92. The van der Waals surface area contributed by atoms with E-state index < -0.39 is 18.3 Å². The summed E-state index contributed by atoms with van der Waals surface area (Å²) in [6.07, 6.45) is -3.06. The van der Waals surface area contributed by atoms with E-state index in [1.54, 1.807) is 0 Å². The van der Waals surface area contributed by atoms with E-state index >= 15 is 0 Å². The van der Waals surface area contributed by atoms with Crippen molar-refractivity contribution in [2.45, 2.75) is 31.7 Å². The maximum Gasteiger partial charge on any atom is 0.105 e. The van der Waals surface area contributed by atoms with Gasteiger partial charge in [0.2, 0.25) is 0 Å². The first-order valence-corrected chi connectivity index (χ1v) is 3.24. The van der Waals surface area contributed by atoms with Gasteiger partial charge in [0, 0.05) is 6.61 Å². The molecule has 0 bridgehead atoms. The molecule has 0 rings (SSSR count). The van der Waals surface area contributed by atoms with Gasteiger partial charge in [0.25, 0.3) is 0 Å². The van der Waals surface area contributed by atoms with E-state index in [9.17, 15) is 0 Å². The van der Waals surface area contributed by atoms with Gasteiger partial charge < -0.3 is 20.4 Å². The molecule has 0 aliphatic rings. The lowest BCUT2D eigenvalue weighted by Gasteiger charge is -2.18. The van der Waals surface area contributed by atoms with E-state index in [0.29, 0.717) is 0 Å². The van der Waals surface area contributed by atoms with Crippen LogP contribution in [0, 0.1) is 0 Å². The van der Waals surface area contributed by atoms with Crippen LogP contribution in [0.25, 0.3) is 0 Å². The van der Waals surface area contributed by atoms with Crippen LogP contribution in [0.1, 0.15) is 13.3 Å². The molecular formula is C6H14O4. The van der Waals surface area contributed by atoms with Gasteiger partial charge in [-0.05, 0) is 13.3 Å². The zero-order valence-electron chi connectivity index (χ0n) is 5.94. The summed E-state index contributed by atoms with van der Waals surface area (Å²) >= 11 is 0. The van der Waals surface area contributed by atoms with Crippen molar-refractivity contribution in [1.29, 1.82) is 0 Å². The number of aliphatic hydroxyl groups is 4. The smallest absolute Gasteiger partial charge is 0.105 e. The molecule has 62 valence electrons. The van der Waals surface area contributed by atoms with Crippen molar-refractivity contribution in [2.75, 3.05) is 6.61 Å². The molecule has 0 heterocycles. The van der Waals surface area contributed by atoms with E-state index in [1.165, 1.54) is 6.92 Å². The molecule has 0 radical (unpaired) electrons. The first-order chi connectivity index (χ1) is 4.59. The molecule has 0 saturated heterocycles. The summed E-state index contributed by atoms with van der Waals surface area (Å²) in [5, 5.41) is 34.9. The number of hydrogen-bond donors (Lipinski definition) is 4. The minimum atomic E-state index is -1.16. The molecule has 0 spiro atoms. The highest BCUT2D eigenvalue weighted by atomic mass is 16.4. The SMILES string of the molecule is CC(O)[C@H](O)[C@H](O)CCO. The monoisotopic (exact) mass is 150 g/mol. The van der Waals surface area contributed by atoms with Crippen LogP contribution >= 0.6 is 0 Å². The summed E-state index contributed by atoms with van der Waals surface area (Å²) in [5.41, 5.74) is 0. The Balaban J connectivity index is 3.58. The van der Waals surface area contributed by atoms with Crippen molar-refractivity contribution in [3.05, 3.63) is 0 Å². The minimum absolute atomic E-state index is 0.0894. The predicted molar refractivity (Wildman–Crippen MR) is 35.4 cm³/mol. The van der Waals surface area contributed by atoms with Crippen LogP contribution in [0.2, 0.25) is 0 Å². The second kappa shape index (κ2) is 4.62. The third-order valence-electron chi connectivity index (χ3n) is 1.31. The number of hydrogen-bond acceptors (Lipinski definition) is 4. The van der Waals surface area contributed by atoms with Crippen molar-refractivity contribution in [3.8, 4) is 0 Å². The largest absolute Gasteiger partial charge is 0.396 e. The fraction of sp³-hybridized carbons (Fsp3) is 1.00. The summed E-state index contributed by atoms with van der Waals surface area (Å²) < 4.78 is 0. The highest BCUT2D eigenvalue weighted by molar-refractivity contribution is 4.71. The van der Waals surface area contributed by atoms with Crippen molar-refractivity contribution < 1.29 is 20.4 Å². The molecule has 10 heavy (non-hydrogen) atoms. The van der Waals surface area contributed by atoms with Crippen LogP contribution in [0.15, 0.2) is 0 Å². The summed E-state index contributed by atoms with van der Waals surface area (Å²) in [6.45, 7) is 1.19. The summed E-state index contributed by atoms with van der Waals surface area (Å²) in [6, 6.07) is 0. The zero-order chi connectivity index (χ0) is 8.15. The van der Waals surface area contributed by atoms with Crippen molar-refractivity contribution in [1.82, 2.24) is 0 Å². The second-order valence-electron chi connectivity index (χ2n) is 2.31. The third-order valence-corrected chi connectivity index (χ3v) is 1.31. The van der Waals surface area contributed by atoms with Crippen LogP contribution < -0.4 is 0 Å². The quantitative estimate of drug-likeness (QED) is 0.392. The fourth-order valence-electron chi connectivity index (χ4n) is 0.625. The lowest BCUT2D eigenvalue weighted by molar-refractivity contribution is -0.0586. The van der Waals surface area contributed by atoms with E-state index in [-0.39, 0.29) is 13.0 Å². The van der Waals surface area contributed by atoms with Gasteiger partial charge in [-0.2, -0.15) is 0 Å². The summed E-state index contributed by atoms with van der Waals surface area (Å²) in [5.74, 6) is 0. The fourth-order valence-corrected chi connectivity index (χ4v) is 0.625. The van der Waals surface area contributed by atoms with E-state index in [4.69, 9.17) is 20.4 Å². The van der Waals surface area contributed by atoms with Crippen molar-refractivity contribution in [2.24, 2.45) is 0 Å². The molecule has 4 nitrogen and oxygen atoms in total.